The minimum Gasteiger partial charge on any atom is -0.466 e. The number of aryl methyl sites for hydroxylation is 1. The molecule has 1 aromatic carbocycles. The van der Waals surface area contributed by atoms with Gasteiger partial charge in [0.05, 0.1) is 4.90 Å². The summed E-state index contributed by atoms with van der Waals surface area (Å²) in [7, 11) is -3.94. The van der Waals surface area contributed by atoms with Crippen LogP contribution in [0.5, 0.6) is 0 Å². The van der Waals surface area contributed by atoms with E-state index in [1.165, 1.54) is 30.9 Å². The molecule has 126 valence electrons. The summed E-state index contributed by atoms with van der Waals surface area (Å²) >= 11 is 0. The highest BCUT2D eigenvalue weighted by Gasteiger charge is 2.30. The van der Waals surface area contributed by atoms with Crippen molar-refractivity contribution in [3.05, 3.63) is 78.2 Å². The predicted octanol–water partition coefficient (Wildman–Crippen LogP) is 3.70. The zero-order valence-electron chi connectivity index (χ0n) is 13.2. The molecule has 3 rings (SSSR count). The van der Waals surface area contributed by atoms with Crippen molar-refractivity contribution in [3.63, 3.8) is 0 Å². The summed E-state index contributed by atoms with van der Waals surface area (Å²) in [6.45, 7) is 1.89. The van der Waals surface area contributed by atoms with Crippen LogP contribution in [0.25, 0.3) is 0 Å². The van der Waals surface area contributed by atoms with Crippen LogP contribution in [0.15, 0.2) is 77.5 Å². The highest BCUT2D eigenvalue weighted by molar-refractivity contribution is 7.86. The molecule has 1 unspecified atom stereocenters. The standard InChI is InChI=1S/C18H18O5S/c1-14-7-9-16(10-8-14)24(19,20)23-18(15-5-3-2-4-6-15)17-13-21-11-12-22-17/h2-3,5,7-13,18H,4,6H2,1H3. The van der Waals surface area contributed by atoms with Crippen molar-refractivity contribution in [3.8, 4) is 0 Å². The van der Waals surface area contributed by atoms with Gasteiger partial charge in [-0.3, -0.25) is 4.18 Å². The van der Waals surface area contributed by atoms with E-state index in [0.29, 0.717) is 12.2 Å². The van der Waals surface area contributed by atoms with Crippen LogP contribution in [-0.2, 0) is 23.8 Å². The maximum atomic E-state index is 12.6. The number of ether oxygens (including phenoxy) is 2. The molecule has 5 nitrogen and oxygen atoms in total. The van der Waals surface area contributed by atoms with E-state index in [9.17, 15) is 8.42 Å². The van der Waals surface area contributed by atoms with Crippen molar-refractivity contribution in [1.82, 2.24) is 0 Å². The average Bonchev–Trinajstić information content (AvgIpc) is 2.62. The van der Waals surface area contributed by atoms with Crippen LogP contribution in [0.1, 0.15) is 18.4 Å². The highest BCUT2D eigenvalue weighted by atomic mass is 32.2. The quantitative estimate of drug-likeness (QED) is 0.761. The van der Waals surface area contributed by atoms with Crippen molar-refractivity contribution < 1.29 is 22.1 Å². The lowest BCUT2D eigenvalue weighted by atomic mass is 9.99. The molecular weight excluding hydrogens is 328 g/mol. The number of rotatable bonds is 5. The largest absolute Gasteiger partial charge is 0.466 e. The lowest BCUT2D eigenvalue weighted by Crippen LogP contribution is -2.25. The van der Waals surface area contributed by atoms with E-state index in [1.807, 2.05) is 25.2 Å². The molecule has 0 spiro atoms. The number of benzene rings is 1. The molecule has 2 aliphatic rings. The van der Waals surface area contributed by atoms with E-state index in [2.05, 4.69) is 0 Å². The van der Waals surface area contributed by atoms with Gasteiger partial charge in [0.25, 0.3) is 10.1 Å². The monoisotopic (exact) mass is 346 g/mol. The third-order valence-electron chi connectivity index (χ3n) is 3.70. The number of allylic oxidation sites excluding steroid dienone is 3. The van der Waals surface area contributed by atoms with Gasteiger partial charge in [-0.25, -0.2) is 0 Å². The van der Waals surface area contributed by atoms with Gasteiger partial charge in [0.1, 0.15) is 18.8 Å². The normalized spacial score (nSPS) is 18.2. The summed E-state index contributed by atoms with van der Waals surface area (Å²) in [6.07, 6.45) is 10.5. The second kappa shape index (κ2) is 7.07. The van der Waals surface area contributed by atoms with Gasteiger partial charge in [-0.15, -0.1) is 0 Å². The van der Waals surface area contributed by atoms with Crippen LogP contribution in [0.2, 0.25) is 0 Å². The molecule has 0 saturated heterocycles. The van der Waals surface area contributed by atoms with E-state index in [0.717, 1.165) is 17.6 Å². The van der Waals surface area contributed by atoms with Gasteiger partial charge in [-0.05, 0) is 37.5 Å². The molecule has 0 amide bonds. The van der Waals surface area contributed by atoms with Gasteiger partial charge in [0.15, 0.2) is 11.9 Å². The second-order valence-corrected chi connectivity index (χ2v) is 7.07. The average molecular weight is 346 g/mol. The van der Waals surface area contributed by atoms with Gasteiger partial charge >= 0.3 is 0 Å². The Balaban J connectivity index is 1.91. The summed E-state index contributed by atoms with van der Waals surface area (Å²) in [6, 6.07) is 6.53. The first-order valence-electron chi connectivity index (χ1n) is 7.59. The third kappa shape index (κ3) is 3.77. The zero-order valence-corrected chi connectivity index (χ0v) is 14.0. The molecule has 6 heteroatoms. The Labute approximate surface area is 141 Å². The first-order valence-corrected chi connectivity index (χ1v) is 9.00. The molecule has 0 N–H and O–H groups in total. The molecule has 1 heterocycles. The fourth-order valence-corrected chi connectivity index (χ4v) is 3.47. The zero-order chi connectivity index (χ0) is 17.0. The Morgan fingerprint density at radius 3 is 2.58 bits per heavy atom. The summed E-state index contributed by atoms with van der Waals surface area (Å²) in [4.78, 5) is 0.109. The highest BCUT2D eigenvalue weighted by Crippen LogP contribution is 2.29. The Kier molecular flexibility index (Phi) is 4.87. The molecule has 0 saturated carbocycles. The molecule has 1 aliphatic carbocycles. The summed E-state index contributed by atoms with van der Waals surface area (Å²) in [5, 5.41) is 0. The lowest BCUT2D eigenvalue weighted by molar-refractivity contribution is 0.163. The summed E-state index contributed by atoms with van der Waals surface area (Å²) < 4.78 is 41.3. The second-order valence-electron chi connectivity index (χ2n) is 5.50. The number of hydrogen-bond acceptors (Lipinski definition) is 5. The molecule has 24 heavy (non-hydrogen) atoms. The molecule has 1 aliphatic heterocycles. The van der Waals surface area contributed by atoms with E-state index in [4.69, 9.17) is 13.7 Å². The SMILES string of the molecule is Cc1ccc(S(=O)(=O)OC(C2=CC=CCC2)C2=COC=CO2)cc1. The Bertz CT molecular complexity index is 813. The first kappa shape index (κ1) is 16.5. The van der Waals surface area contributed by atoms with Gasteiger partial charge in [0, 0.05) is 0 Å². The smallest absolute Gasteiger partial charge is 0.297 e. The Hall–Kier alpha value is -2.31. The molecule has 0 fully saturated rings. The fourth-order valence-electron chi connectivity index (χ4n) is 2.41. The maximum absolute atomic E-state index is 12.6. The molecule has 0 radical (unpaired) electrons. The van der Waals surface area contributed by atoms with Gasteiger partial charge < -0.3 is 9.47 Å². The molecule has 1 atom stereocenters. The van der Waals surface area contributed by atoms with Crippen LogP contribution >= 0.6 is 0 Å². The fraction of sp³-hybridized carbons (Fsp3) is 0.222. The van der Waals surface area contributed by atoms with E-state index >= 15 is 0 Å². The lowest BCUT2D eigenvalue weighted by Gasteiger charge is -2.24. The molecule has 0 bridgehead atoms. The van der Waals surface area contributed by atoms with Crippen LogP contribution in [0, 0.1) is 6.92 Å². The van der Waals surface area contributed by atoms with Crippen molar-refractivity contribution in [2.45, 2.75) is 30.8 Å². The van der Waals surface area contributed by atoms with Crippen LogP contribution in [-0.4, -0.2) is 14.5 Å². The van der Waals surface area contributed by atoms with Gasteiger partial charge in [-0.1, -0.05) is 35.9 Å². The van der Waals surface area contributed by atoms with Gasteiger partial charge in [0.2, 0.25) is 0 Å². The van der Waals surface area contributed by atoms with Gasteiger partial charge in [-0.2, -0.15) is 8.42 Å². The maximum Gasteiger partial charge on any atom is 0.297 e. The topological polar surface area (TPSA) is 61.8 Å². The van der Waals surface area contributed by atoms with Crippen molar-refractivity contribution in [2.75, 3.05) is 0 Å². The predicted molar refractivity (Wildman–Crippen MR) is 89.1 cm³/mol. The molecular formula is C18H18O5S. The van der Waals surface area contributed by atoms with Crippen LogP contribution < -0.4 is 0 Å². The van der Waals surface area contributed by atoms with Crippen molar-refractivity contribution in [1.29, 1.82) is 0 Å². The minimum absolute atomic E-state index is 0.109. The first-order chi connectivity index (χ1) is 11.6. The summed E-state index contributed by atoms with van der Waals surface area (Å²) in [5.41, 5.74) is 1.79. The summed E-state index contributed by atoms with van der Waals surface area (Å²) in [5.74, 6) is 0.301. The third-order valence-corrected chi connectivity index (χ3v) is 4.99. The Morgan fingerprint density at radius 1 is 1.17 bits per heavy atom. The molecule has 1 aromatic rings. The minimum atomic E-state index is -3.94. The van der Waals surface area contributed by atoms with Crippen LogP contribution in [0.3, 0.4) is 0 Å². The van der Waals surface area contributed by atoms with Crippen molar-refractivity contribution in [2.24, 2.45) is 0 Å². The van der Waals surface area contributed by atoms with E-state index < -0.39 is 16.2 Å². The van der Waals surface area contributed by atoms with Crippen molar-refractivity contribution >= 4 is 10.1 Å². The van der Waals surface area contributed by atoms with E-state index in [-0.39, 0.29) is 4.90 Å². The molecule has 0 aromatic heterocycles. The number of hydrogen-bond donors (Lipinski definition) is 0. The Morgan fingerprint density at radius 2 is 1.96 bits per heavy atom. The van der Waals surface area contributed by atoms with E-state index in [1.54, 1.807) is 12.1 Å². The van der Waals surface area contributed by atoms with Crippen LogP contribution in [0.4, 0.5) is 0 Å².